The van der Waals surface area contributed by atoms with Crippen molar-refractivity contribution in [3.63, 3.8) is 0 Å². The number of aromatic amines is 1. The molecule has 128 valence electrons. The Kier molecular flexibility index (Phi) is 5.57. The molecule has 1 atom stereocenters. The molecule has 0 radical (unpaired) electrons. The highest BCUT2D eigenvalue weighted by Gasteiger charge is 2.21. The predicted molar refractivity (Wildman–Crippen MR) is 87.6 cm³/mol. The fourth-order valence-electron chi connectivity index (χ4n) is 2.19. The van der Waals surface area contributed by atoms with Gasteiger partial charge >= 0.3 is 0 Å². The minimum absolute atomic E-state index is 0.160. The molecular formula is C17H20FN3O3. The highest BCUT2D eigenvalue weighted by molar-refractivity contribution is 5.99. The highest BCUT2D eigenvalue weighted by Crippen LogP contribution is 2.26. The molecule has 0 saturated carbocycles. The molecule has 7 heteroatoms. The van der Waals surface area contributed by atoms with Crippen LogP contribution in [0.1, 0.15) is 46.5 Å². The van der Waals surface area contributed by atoms with Gasteiger partial charge in [-0.05, 0) is 31.5 Å². The first-order valence-corrected chi connectivity index (χ1v) is 7.61. The van der Waals surface area contributed by atoms with Crippen LogP contribution in [0.25, 0.3) is 0 Å². The van der Waals surface area contributed by atoms with E-state index < -0.39 is 12.0 Å². The van der Waals surface area contributed by atoms with Gasteiger partial charge in [-0.2, -0.15) is 0 Å². The van der Waals surface area contributed by atoms with Crippen molar-refractivity contribution < 1.29 is 18.7 Å². The Morgan fingerprint density at radius 2 is 1.92 bits per heavy atom. The van der Waals surface area contributed by atoms with E-state index in [4.69, 9.17) is 4.74 Å². The third kappa shape index (κ3) is 3.92. The van der Waals surface area contributed by atoms with Gasteiger partial charge < -0.3 is 20.4 Å². The molecular weight excluding hydrogens is 313 g/mol. The number of nitrogens with one attached hydrogen (secondary N) is 3. The number of halogens is 1. The fourth-order valence-corrected chi connectivity index (χ4v) is 2.19. The molecule has 1 aromatic carbocycles. The first-order valence-electron chi connectivity index (χ1n) is 7.61. The lowest BCUT2D eigenvalue weighted by atomic mass is 10.1. The van der Waals surface area contributed by atoms with Gasteiger partial charge in [0, 0.05) is 19.7 Å². The van der Waals surface area contributed by atoms with E-state index >= 15 is 0 Å². The number of benzene rings is 1. The molecule has 24 heavy (non-hydrogen) atoms. The molecule has 0 bridgehead atoms. The van der Waals surface area contributed by atoms with Gasteiger partial charge in [-0.1, -0.05) is 12.1 Å². The molecule has 1 unspecified atom stereocenters. The van der Waals surface area contributed by atoms with Crippen LogP contribution in [0.4, 0.5) is 4.39 Å². The third-order valence-corrected chi connectivity index (χ3v) is 3.46. The van der Waals surface area contributed by atoms with Gasteiger partial charge in [0.05, 0.1) is 0 Å². The van der Waals surface area contributed by atoms with Crippen LogP contribution in [0.3, 0.4) is 0 Å². The van der Waals surface area contributed by atoms with Gasteiger partial charge in [-0.15, -0.1) is 0 Å². The number of carbonyl (C=O) groups excluding carboxylic acids is 2. The number of hydrogen-bond acceptors (Lipinski definition) is 3. The van der Waals surface area contributed by atoms with Crippen LogP contribution in [-0.4, -0.2) is 30.4 Å². The lowest BCUT2D eigenvalue weighted by Crippen LogP contribution is -2.23. The summed E-state index contributed by atoms with van der Waals surface area (Å²) < 4.78 is 18.8. The summed E-state index contributed by atoms with van der Waals surface area (Å²) in [6.07, 6.45) is -0.424. The monoisotopic (exact) mass is 333 g/mol. The van der Waals surface area contributed by atoms with Gasteiger partial charge in [0.2, 0.25) is 0 Å². The summed E-state index contributed by atoms with van der Waals surface area (Å²) >= 11 is 0. The molecule has 0 spiro atoms. The molecule has 3 N–H and O–H groups in total. The maximum absolute atomic E-state index is 13.0. The minimum atomic E-state index is -0.424. The standard InChI is InChI=1S/C17H20FN3O3/c1-4-20-16(22)13-9-14(15(21-13)17(23)19-3)24-10(2)11-5-7-12(18)8-6-11/h5-10,21H,4H2,1-3H3,(H,19,23)(H,20,22). The number of aromatic nitrogens is 1. The van der Waals surface area contributed by atoms with E-state index in [1.165, 1.54) is 25.2 Å². The smallest absolute Gasteiger partial charge is 0.271 e. The van der Waals surface area contributed by atoms with E-state index in [-0.39, 0.29) is 28.9 Å². The number of ether oxygens (including phenoxy) is 1. The quantitative estimate of drug-likeness (QED) is 0.759. The van der Waals surface area contributed by atoms with Crippen LogP contribution in [0, 0.1) is 5.82 Å². The van der Waals surface area contributed by atoms with Crippen molar-refractivity contribution in [1.29, 1.82) is 0 Å². The van der Waals surface area contributed by atoms with E-state index in [1.54, 1.807) is 26.0 Å². The molecule has 0 saturated heterocycles. The van der Waals surface area contributed by atoms with E-state index in [1.807, 2.05) is 0 Å². The number of rotatable bonds is 6. The Hall–Kier alpha value is -2.83. The lowest BCUT2D eigenvalue weighted by Gasteiger charge is -2.15. The van der Waals surface area contributed by atoms with E-state index in [0.29, 0.717) is 6.54 Å². The Morgan fingerprint density at radius 1 is 1.25 bits per heavy atom. The summed E-state index contributed by atoms with van der Waals surface area (Å²) in [6.45, 7) is 4.05. The summed E-state index contributed by atoms with van der Waals surface area (Å²) in [4.78, 5) is 26.7. The van der Waals surface area contributed by atoms with E-state index in [0.717, 1.165) is 5.56 Å². The molecule has 0 aliphatic carbocycles. The summed E-state index contributed by atoms with van der Waals surface area (Å²) in [5.74, 6) is -0.802. The normalized spacial score (nSPS) is 11.7. The molecule has 2 aromatic rings. The highest BCUT2D eigenvalue weighted by atomic mass is 19.1. The largest absolute Gasteiger partial charge is 0.484 e. The molecule has 0 aliphatic rings. The second-order valence-electron chi connectivity index (χ2n) is 5.17. The SMILES string of the molecule is CCNC(=O)c1cc(OC(C)c2ccc(F)cc2)c(C(=O)NC)[nH]1. The Morgan fingerprint density at radius 3 is 2.50 bits per heavy atom. The predicted octanol–water partition coefficient (Wildman–Crippen LogP) is 2.40. The van der Waals surface area contributed by atoms with Crippen LogP contribution < -0.4 is 15.4 Å². The van der Waals surface area contributed by atoms with Gasteiger partial charge in [0.1, 0.15) is 23.3 Å². The Bertz CT molecular complexity index is 725. The van der Waals surface area contributed by atoms with Gasteiger partial charge in [0.25, 0.3) is 11.8 Å². The number of amides is 2. The number of hydrogen-bond donors (Lipinski definition) is 3. The zero-order valence-corrected chi connectivity index (χ0v) is 13.8. The zero-order valence-electron chi connectivity index (χ0n) is 13.8. The maximum atomic E-state index is 13.0. The maximum Gasteiger partial charge on any atom is 0.271 e. The third-order valence-electron chi connectivity index (χ3n) is 3.46. The average molecular weight is 333 g/mol. The fraction of sp³-hybridized carbons (Fsp3) is 0.294. The van der Waals surface area contributed by atoms with Crippen LogP contribution in [-0.2, 0) is 0 Å². The molecule has 1 aromatic heterocycles. The molecule has 1 heterocycles. The lowest BCUT2D eigenvalue weighted by molar-refractivity contribution is 0.0951. The van der Waals surface area contributed by atoms with Crippen LogP contribution in [0.2, 0.25) is 0 Å². The Balaban J connectivity index is 2.28. The Labute approximate surface area is 139 Å². The van der Waals surface area contributed by atoms with Crippen LogP contribution in [0.15, 0.2) is 30.3 Å². The van der Waals surface area contributed by atoms with E-state index in [2.05, 4.69) is 15.6 Å². The molecule has 2 rings (SSSR count). The van der Waals surface area contributed by atoms with Gasteiger partial charge in [0.15, 0.2) is 5.75 Å². The summed E-state index contributed by atoms with van der Waals surface area (Å²) in [6, 6.07) is 7.38. The van der Waals surface area contributed by atoms with Crippen molar-refractivity contribution in [2.24, 2.45) is 0 Å². The van der Waals surface area contributed by atoms with Crippen molar-refractivity contribution in [3.05, 3.63) is 53.1 Å². The molecule has 0 aliphatic heterocycles. The van der Waals surface area contributed by atoms with Crippen molar-refractivity contribution in [1.82, 2.24) is 15.6 Å². The molecule has 0 fully saturated rings. The van der Waals surface area contributed by atoms with Gasteiger partial charge in [-0.3, -0.25) is 9.59 Å². The van der Waals surface area contributed by atoms with Crippen LogP contribution >= 0.6 is 0 Å². The summed E-state index contributed by atoms with van der Waals surface area (Å²) in [7, 11) is 1.49. The summed E-state index contributed by atoms with van der Waals surface area (Å²) in [5, 5.41) is 5.15. The number of carbonyl (C=O) groups is 2. The van der Waals surface area contributed by atoms with E-state index in [9.17, 15) is 14.0 Å². The zero-order chi connectivity index (χ0) is 17.7. The second-order valence-corrected chi connectivity index (χ2v) is 5.17. The van der Waals surface area contributed by atoms with Crippen molar-refractivity contribution in [2.45, 2.75) is 20.0 Å². The van der Waals surface area contributed by atoms with Crippen molar-refractivity contribution in [3.8, 4) is 5.75 Å². The average Bonchev–Trinajstić information content (AvgIpc) is 2.99. The van der Waals surface area contributed by atoms with Crippen molar-refractivity contribution >= 4 is 11.8 Å². The first kappa shape index (κ1) is 17.5. The first-order chi connectivity index (χ1) is 11.5. The molecule has 2 amide bonds. The second kappa shape index (κ2) is 7.63. The number of H-pyrrole nitrogens is 1. The van der Waals surface area contributed by atoms with Crippen molar-refractivity contribution in [2.75, 3.05) is 13.6 Å². The van der Waals surface area contributed by atoms with Crippen LogP contribution in [0.5, 0.6) is 5.75 Å². The molecule has 6 nitrogen and oxygen atoms in total. The van der Waals surface area contributed by atoms with Gasteiger partial charge in [-0.25, -0.2) is 4.39 Å². The minimum Gasteiger partial charge on any atom is -0.484 e. The topological polar surface area (TPSA) is 83.2 Å². The summed E-state index contributed by atoms with van der Waals surface area (Å²) in [5.41, 5.74) is 1.14.